The van der Waals surface area contributed by atoms with Gasteiger partial charge in [0.1, 0.15) is 24.0 Å². The van der Waals surface area contributed by atoms with E-state index in [4.69, 9.17) is 19.6 Å². The summed E-state index contributed by atoms with van der Waals surface area (Å²) in [6.45, 7) is 0.796. The third-order valence-electron chi connectivity index (χ3n) is 7.85. The molecular formula is C33H29F4N3O5. The number of hydrogen-bond donors (Lipinski definition) is 2. The molecule has 1 saturated carbocycles. The number of nitrogens with zero attached hydrogens (tertiary/aromatic N) is 3. The third-order valence-corrected chi connectivity index (χ3v) is 7.85. The van der Waals surface area contributed by atoms with E-state index in [1.807, 2.05) is 54.6 Å². The van der Waals surface area contributed by atoms with Gasteiger partial charge in [0, 0.05) is 24.4 Å². The van der Waals surface area contributed by atoms with E-state index in [-0.39, 0.29) is 5.82 Å². The van der Waals surface area contributed by atoms with Crippen LogP contribution in [0.3, 0.4) is 0 Å². The number of carboxylic acid groups (broad SMARTS) is 2. The maximum absolute atomic E-state index is 13.5. The van der Waals surface area contributed by atoms with E-state index in [9.17, 15) is 27.5 Å². The first kappa shape index (κ1) is 31.4. The number of fused-ring (bicyclic) bond motifs is 2. The van der Waals surface area contributed by atoms with Crippen LogP contribution in [0.2, 0.25) is 0 Å². The molecule has 6 rings (SSSR count). The van der Waals surface area contributed by atoms with Gasteiger partial charge in [-0.05, 0) is 54.8 Å². The molecule has 3 aromatic carbocycles. The van der Waals surface area contributed by atoms with E-state index >= 15 is 0 Å². The average molecular weight is 624 g/mol. The highest BCUT2D eigenvalue weighted by atomic mass is 19.4. The van der Waals surface area contributed by atoms with Gasteiger partial charge in [-0.25, -0.2) is 19.2 Å². The van der Waals surface area contributed by atoms with Crippen molar-refractivity contribution in [2.24, 2.45) is 5.41 Å². The van der Waals surface area contributed by atoms with Gasteiger partial charge in [0.15, 0.2) is 0 Å². The van der Waals surface area contributed by atoms with Crippen molar-refractivity contribution >= 4 is 33.9 Å². The molecule has 0 saturated heterocycles. The fourth-order valence-corrected chi connectivity index (χ4v) is 5.50. The van der Waals surface area contributed by atoms with Gasteiger partial charge in [0.25, 0.3) is 0 Å². The second-order valence-electron chi connectivity index (χ2n) is 10.9. The molecule has 0 radical (unpaired) electrons. The smallest absolute Gasteiger partial charge is 0.487 e. The van der Waals surface area contributed by atoms with Crippen LogP contribution in [-0.4, -0.2) is 42.9 Å². The number of aromatic nitrogens is 3. The minimum atomic E-state index is -5.08. The highest BCUT2D eigenvalue weighted by molar-refractivity contribution is 5.80. The second kappa shape index (κ2) is 12.9. The molecule has 8 nitrogen and oxygen atoms in total. The van der Waals surface area contributed by atoms with E-state index < -0.39 is 23.5 Å². The van der Waals surface area contributed by atoms with E-state index in [1.54, 1.807) is 12.1 Å². The normalized spacial score (nSPS) is 14.2. The molecule has 0 spiro atoms. The fourth-order valence-electron chi connectivity index (χ4n) is 5.50. The van der Waals surface area contributed by atoms with E-state index in [0.29, 0.717) is 38.2 Å². The molecule has 1 fully saturated rings. The molecule has 0 amide bonds. The number of rotatable bonds is 8. The summed E-state index contributed by atoms with van der Waals surface area (Å²) < 4.78 is 53.4. The molecule has 0 atom stereocenters. The largest absolute Gasteiger partial charge is 0.490 e. The number of hydrogen-bond acceptors (Lipinski definition) is 5. The number of aliphatic carboxylic acids is 2. The summed E-state index contributed by atoms with van der Waals surface area (Å²) >= 11 is 0. The van der Waals surface area contributed by atoms with Crippen molar-refractivity contribution in [3.8, 4) is 5.75 Å². The number of ether oxygens (including phenoxy) is 1. The number of carboxylic acids is 2. The molecule has 5 aromatic rings. The number of carbonyl (C=O) groups is 2. The van der Waals surface area contributed by atoms with Crippen LogP contribution in [-0.2, 0) is 29.2 Å². The lowest BCUT2D eigenvalue weighted by Crippen LogP contribution is -2.31. The van der Waals surface area contributed by atoms with Crippen molar-refractivity contribution in [2.45, 2.75) is 51.4 Å². The zero-order chi connectivity index (χ0) is 32.2. The van der Waals surface area contributed by atoms with Crippen molar-refractivity contribution in [3.63, 3.8) is 0 Å². The number of benzene rings is 3. The lowest BCUT2D eigenvalue weighted by Gasteiger charge is -2.23. The molecule has 45 heavy (non-hydrogen) atoms. The first-order valence-electron chi connectivity index (χ1n) is 14.2. The van der Waals surface area contributed by atoms with Crippen LogP contribution in [0.25, 0.3) is 21.9 Å². The second-order valence-corrected chi connectivity index (χ2v) is 10.9. The average Bonchev–Trinajstić information content (AvgIpc) is 3.62. The van der Waals surface area contributed by atoms with Crippen LogP contribution in [0.15, 0.2) is 78.9 Å². The number of alkyl halides is 3. The van der Waals surface area contributed by atoms with Crippen molar-refractivity contribution in [1.82, 2.24) is 14.5 Å². The van der Waals surface area contributed by atoms with Gasteiger partial charge in [-0.1, -0.05) is 49.2 Å². The molecule has 2 N–H and O–H groups in total. The molecule has 1 aliphatic carbocycles. The number of pyridine rings is 1. The quantitative estimate of drug-likeness (QED) is 0.176. The highest BCUT2D eigenvalue weighted by Gasteiger charge is 2.42. The monoisotopic (exact) mass is 623 g/mol. The third kappa shape index (κ3) is 7.39. The Morgan fingerprint density at radius 1 is 0.889 bits per heavy atom. The standard InChI is InChI=1S/C31H28FN3O3.C2HF3O2/c32-23-10-7-21(8-11-23)19-35-28-14-13-25(38-20-24-12-9-22-5-1-2-6-26(22)33-24)17-27(28)34-29(35)18-31(30(36)37)15-3-4-16-31;3-2(4,5)1(6)7/h1-2,5-14,17H,3-4,15-16,18-20H2,(H,36,37);(H,6,7). The summed E-state index contributed by atoms with van der Waals surface area (Å²) in [5.74, 6) is -2.42. The van der Waals surface area contributed by atoms with Gasteiger partial charge in [0.2, 0.25) is 0 Å². The van der Waals surface area contributed by atoms with Gasteiger partial charge in [-0.3, -0.25) is 4.79 Å². The predicted molar refractivity (Wildman–Crippen MR) is 157 cm³/mol. The predicted octanol–water partition coefficient (Wildman–Crippen LogP) is 7.17. The van der Waals surface area contributed by atoms with Gasteiger partial charge in [-0.2, -0.15) is 13.2 Å². The summed E-state index contributed by atoms with van der Waals surface area (Å²) in [5.41, 5.74) is 3.50. The molecule has 12 heteroatoms. The fraction of sp³-hybridized carbons (Fsp3) is 0.273. The van der Waals surface area contributed by atoms with Crippen LogP contribution in [0.5, 0.6) is 5.75 Å². The zero-order valence-corrected chi connectivity index (χ0v) is 23.9. The number of halogens is 4. The molecular weight excluding hydrogens is 594 g/mol. The maximum atomic E-state index is 13.5. The van der Waals surface area contributed by atoms with Gasteiger partial charge < -0.3 is 19.5 Å². The molecule has 0 unspecified atom stereocenters. The lowest BCUT2D eigenvalue weighted by atomic mass is 9.82. The van der Waals surface area contributed by atoms with Crippen LogP contribution in [0.4, 0.5) is 17.6 Å². The van der Waals surface area contributed by atoms with Crippen molar-refractivity contribution in [1.29, 1.82) is 0 Å². The van der Waals surface area contributed by atoms with E-state index in [1.165, 1.54) is 12.1 Å². The minimum Gasteiger partial charge on any atom is -0.487 e. The van der Waals surface area contributed by atoms with Crippen molar-refractivity contribution < 1.29 is 42.1 Å². The topological polar surface area (TPSA) is 115 Å². The lowest BCUT2D eigenvalue weighted by molar-refractivity contribution is -0.192. The molecule has 2 aromatic heterocycles. The molecule has 1 aliphatic rings. The Hall–Kier alpha value is -5.00. The van der Waals surface area contributed by atoms with E-state index in [2.05, 4.69) is 9.55 Å². The van der Waals surface area contributed by atoms with Crippen LogP contribution in [0.1, 0.15) is 42.8 Å². The Balaban J connectivity index is 0.000000515. The first-order valence-corrected chi connectivity index (χ1v) is 14.2. The number of para-hydroxylation sites is 1. The number of imidazole rings is 1. The van der Waals surface area contributed by atoms with Crippen LogP contribution in [0, 0.1) is 11.2 Å². The summed E-state index contributed by atoms with van der Waals surface area (Å²) in [6, 6.07) is 24.1. The summed E-state index contributed by atoms with van der Waals surface area (Å²) in [5, 5.41) is 18.3. The van der Waals surface area contributed by atoms with Gasteiger partial charge in [0.05, 0.1) is 27.7 Å². The zero-order valence-electron chi connectivity index (χ0n) is 23.9. The summed E-state index contributed by atoms with van der Waals surface area (Å²) in [7, 11) is 0. The molecule has 234 valence electrons. The first-order chi connectivity index (χ1) is 21.4. The summed E-state index contributed by atoms with van der Waals surface area (Å²) in [4.78, 5) is 30.8. The highest BCUT2D eigenvalue weighted by Crippen LogP contribution is 2.41. The van der Waals surface area contributed by atoms with Crippen LogP contribution < -0.4 is 4.74 Å². The van der Waals surface area contributed by atoms with Crippen LogP contribution >= 0.6 is 0 Å². The Morgan fingerprint density at radius 3 is 2.24 bits per heavy atom. The van der Waals surface area contributed by atoms with Crippen molar-refractivity contribution in [3.05, 3.63) is 102 Å². The Morgan fingerprint density at radius 2 is 1.58 bits per heavy atom. The minimum absolute atomic E-state index is 0.289. The maximum Gasteiger partial charge on any atom is 0.490 e. The van der Waals surface area contributed by atoms with Gasteiger partial charge >= 0.3 is 18.1 Å². The summed E-state index contributed by atoms with van der Waals surface area (Å²) in [6.07, 6.45) is -1.61. The van der Waals surface area contributed by atoms with Gasteiger partial charge in [-0.15, -0.1) is 0 Å². The Labute approximate surface area is 254 Å². The Kier molecular flexibility index (Phi) is 9.03. The molecule has 0 aliphatic heterocycles. The SMILES string of the molecule is O=C(O)C(F)(F)F.O=C(O)C1(Cc2nc3cc(OCc4ccc5ccccc5n4)ccc3n2Cc2ccc(F)cc2)CCCC1. The molecule has 0 bridgehead atoms. The van der Waals surface area contributed by atoms with Crippen molar-refractivity contribution in [2.75, 3.05) is 0 Å². The Bertz CT molecular complexity index is 1830. The van der Waals surface area contributed by atoms with E-state index in [0.717, 1.165) is 51.9 Å². The molecule has 2 heterocycles.